The molecular formula is C16H18NO3. The second kappa shape index (κ2) is 3.45. The average molecular weight is 272 g/mol. The predicted octanol–water partition coefficient (Wildman–Crippen LogP) is 3.64. The van der Waals surface area contributed by atoms with Gasteiger partial charge in [0.2, 0.25) is 0 Å². The highest BCUT2D eigenvalue weighted by molar-refractivity contribution is 5.81. The smallest absolute Gasteiger partial charge is 0.139 e. The molecule has 3 heterocycles. The lowest BCUT2D eigenvalue weighted by Gasteiger charge is -2.32. The molecule has 0 N–H and O–H groups in total. The molecule has 2 aromatic rings. The van der Waals surface area contributed by atoms with E-state index in [1.165, 1.54) is 5.06 Å². The van der Waals surface area contributed by atoms with E-state index in [1.807, 2.05) is 39.8 Å². The molecule has 4 heteroatoms. The molecule has 1 fully saturated rings. The normalized spacial score (nSPS) is 26.9. The number of hydroxylamine groups is 2. The van der Waals surface area contributed by atoms with Crippen LogP contribution in [0.3, 0.4) is 0 Å². The van der Waals surface area contributed by atoms with Gasteiger partial charge in [0, 0.05) is 5.39 Å². The van der Waals surface area contributed by atoms with Gasteiger partial charge in [0.15, 0.2) is 0 Å². The Morgan fingerprint density at radius 2 is 1.70 bits per heavy atom. The van der Waals surface area contributed by atoms with Crippen molar-refractivity contribution < 1.29 is 14.4 Å². The van der Waals surface area contributed by atoms with Crippen molar-refractivity contribution in [2.45, 2.75) is 44.9 Å². The van der Waals surface area contributed by atoms with E-state index in [0.717, 1.165) is 34.5 Å². The van der Waals surface area contributed by atoms with Crippen LogP contribution in [0.15, 0.2) is 22.6 Å². The summed E-state index contributed by atoms with van der Waals surface area (Å²) in [4.78, 5) is 0. The van der Waals surface area contributed by atoms with Gasteiger partial charge in [-0.2, -0.15) is 0 Å². The summed E-state index contributed by atoms with van der Waals surface area (Å²) < 4.78 is 11.1. The Morgan fingerprint density at radius 1 is 1.10 bits per heavy atom. The lowest BCUT2D eigenvalue weighted by molar-refractivity contribution is -0.266. The van der Waals surface area contributed by atoms with Gasteiger partial charge in [-0.05, 0) is 57.0 Å². The molecule has 1 aromatic heterocycles. The molecule has 4 rings (SSSR count). The fourth-order valence-electron chi connectivity index (χ4n) is 3.41. The van der Waals surface area contributed by atoms with Crippen LogP contribution in [-0.4, -0.2) is 11.7 Å². The summed E-state index contributed by atoms with van der Waals surface area (Å²) in [6.45, 7) is 8.63. The number of benzene rings is 1. The summed E-state index contributed by atoms with van der Waals surface area (Å²) in [5.41, 5.74) is 1.95. The van der Waals surface area contributed by atoms with Gasteiger partial charge in [-0.15, -0.1) is 10.3 Å². The van der Waals surface area contributed by atoms with Gasteiger partial charge in [-0.3, -0.25) is 0 Å². The molecule has 0 bridgehead atoms. The molecule has 20 heavy (non-hydrogen) atoms. The van der Waals surface area contributed by atoms with E-state index in [4.69, 9.17) is 9.15 Å². The van der Waals surface area contributed by atoms with Crippen molar-refractivity contribution in [3.8, 4) is 0 Å². The SMILES string of the molecule is CC1(C)c2cc3cc(C4CO4)oc3cc2C(C)(C)N1[O]. The molecule has 1 radical (unpaired) electrons. The molecule has 1 saturated heterocycles. The second-order valence-electron chi connectivity index (χ2n) is 6.82. The number of ether oxygens (including phenoxy) is 1. The summed E-state index contributed by atoms with van der Waals surface area (Å²) >= 11 is 0. The summed E-state index contributed by atoms with van der Waals surface area (Å²) in [5.74, 6) is 0.887. The topological polar surface area (TPSA) is 48.8 Å². The van der Waals surface area contributed by atoms with E-state index >= 15 is 0 Å². The highest BCUT2D eigenvalue weighted by Crippen LogP contribution is 2.50. The largest absolute Gasteiger partial charge is 0.458 e. The molecule has 1 atom stereocenters. The van der Waals surface area contributed by atoms with Crippen LogP contribution in [0.25, 0.3) is 11.0 Å². The highest BCUT2D eigenvalue weighted by Gasteiger charge is 2.50. The second-order valence-corrected chi connectivity index (χ2v) is 6.82. The fraction of sp³-hybridized carbons (Fsp3) is 0.500. The van der Waals surface area contributed by atoms with E-state index < -0.39 is 11.1 Å². The number of epoxide rings is 1. The molecule has 0 aliphatic carbocycles. The third kappa shape index (κ3) is 1.41. The Morgan fingerprint density at radius 3 is 2.30 bits per heavy atom. The first-order valence-corrected chi connectivity index (χ1v) is 6.99. The van der Waals surface area contributed by atoms with Crippen LogP contribution in [0.5, 0.6) is 0 Å². The van der Waals surface area contributed by atoms with Crippen molar-refractivity contribution in [1.82, 2.24) is 5.06 Å². The molecule has 1 unspecified atom stereocenters. The highest BCUT2D eigenvalue weighted by atomic mass is 16.6. The Labute approximate surface area is 117 Å². The molecule has 4 nitrogen and oxygen atoms in total. The van der Waals surface area contributed by atoms with Crippen LogP contribution in [0.4, 0.5) is 0 Å². The van der Waals surface area contributed by atoms with Gasteiger partial charge >= 0.3 is 0 Å². The van der Waals surface area contributed by atoms with Crippen LogP contribution in [-0.2, 0) is 21.0 Å². The number of nitrogens with zero attached hydrogens (tertiary/aromatic N) is 1. The summed E-state index contributed by atoms with van der Waals surface area (Å²) in [6.07, 6.45) is 0.120. The minimum atomic E-state index is -0.532. The summed E-state index contributed by atoms with van der Waals surface area (Å²) in [6, 6.07) is 6.15. The van der Waals surface area contributed by atoms with Gasteiger partial charge in [0.05, 0.1) is 17.7 Å². The minimum absolute atomic E-state index is 0.120. The number of fused-ring (bicyclic) bond motifs is 2. The van der Waals surface area contributed by atoms with Gasteiger partial charge in [0.1, 0.15) is 17.4 Å². The first kappa shape index (κ1) is 12.4. The average Bonchev–Trinajstić information content (AvgIpc) is 3.13. The lowest BCUT2D eigenvalue weighted by Crippen LogP contribution is -2.41. The molecule has 0 spiro atoms. The van der Waals surface area contributed by atoms with Crippen molar-refractivity contribution in [3.05, 3.63) is 35.1 Å². The maximum atomic E-state index is 12.6. The van der Waals surface area contributed by atoms with Crippen molar-refractivity contribution in [3.63, 3.8) is 0 Å². The zero-order chi connectivity index (χ0) is 14.3. The Kier molecular flexibility index (Phi) is 2.14. The van der Waals surface area contributed by atoms with Crippen LogP contribution >= 0.6 is 0 Å². The first-order chi connectivity index (χ1) is 9.31. The third-order valence-electron chi connectivity index (χ3n) is 4.66. The summed E-state index contributed by atoms with van der Waals surface area (Å²) in [5, 5.41) is 14.8. The monoisotopic (exact) mass is 272 g/mol. The molecule has 0 amide bonds. The van der Waals surface area contributed by atoms with Gasteiger partial charge in [0.25, 0.3) is 0 Å². The third-order valence-corrected chi connectivity index (χ3v) is 4.66. The van der Waals surface area contributed by atoms with Gasteiger partial charge in [-0.25, -0.2) is 0 Å². The fourth-order valence-corrected chi connectivity index (χ4v) is 3.41. The van der Waals surface area contributed by atoms with E-state index in [2.05, 4.69) is 6.07 Å². The van der Waals surface area contributed by atoms with Crippen LogP contribution in [0.1, 0.15) is 50.7 Å². The zero-order valence-corrected chi connectivity index (χ0v) is 12.2. The number of hydrogen-bond acceptors (Lipinski definition) is 3. The molecule has 2 aliphatic rings. The molecule has 0 saturated carbocycles. The molecule has 2 aliphatic heterocycles. The van der Waals surface area contributed by atoms with Crippen LogP contribution in [0.2, 0.25) is 0 Å². The quantitative estimate of drug-likeness (QED) is 0.745. The Bertz CT molecular complexity index is 657. The molecule has 1 aromatic carbocycles. The van der Waals surface area contributed by atoms with Crippen molar-refractivity contribution in [2.75, 3.05) is 6.61 Å². The van der Waals surface area contributed by atoms with E-state index in [1.54, 1.807) is 0 Å². The Hall–Kier alpha value is -1.36. The van der Waals surface area contributed by atoms with Crippen molar-refractivity contribution in [2.24, 2.45) is 0 Å². The lowest BCUT2D eigenvalue weighted by atomic mass is 9.90. The summed E-state index contributed by atoms with van der Waals surface area (Å²) in [7, 11) is 0. The van der Waals surface area contributed by atoms with Crippen LogP contribution < -0.4 is 0 Å². The number of furan rings is 1. The zero-order valence-electron chi connectivity index (χ0n) is 12.2. The maximum Gasteiger partial charge on any atom is 0.139 e. The standard InChI is InChI=1S/C16H18NO3/c1-15(2)10-5-9-6-13(14-8-19-14)20-12(9)7-11(10)16(3,4)17(15)18/h5-7,14H,8H2,1-4H3. The first-order valence-electron chi connectivity index (χ1n) is 6.99. The molecule has 105 valence electrons. The molecular weight excluding hydrogens is 254 g/mol. The van der Waals surface area contributed by atoms with Crippen molar-refractivity contribution in [1.29, 1.82) is 0 Å². The van der Waals surface area contributed by atoms with E-state index in [9.17, 15) is 5.21 Å². The van der Waals surface area contributed by atoms with Crippen LogP contribution in [0, 0.1) is 0 Å². The van der Waals surface area contributed by atoms with Gasteiger partial charge < -0.3 is 9.15 Å². The Balaban J connectivity index is 1.97. The minimum Gasteiger partial charge on any atom is -0.458 e. The maximum absolute atomic E-state index is 12.6. The van der Waals surface area contributed by atoms with Crippen molar-refractivity contribution >= 4 is 11.0 Å². The number of hydrogen-bond donors (Lipinski definition) is 0. The predicted molar refractivity (Wildman–Crippen MR) is 73.5 cm³/mol. The van der Waals surface area contributed by atoms with E-state index in [0.29, 0.717) is 0 Å². The number of rotatable bonds is 1. The van der Waals surface area contributed by atoms with E-state index in [-0.39, 0.29) is 6.10 Å². The van der Waals surface area contributed by atoms with Gasteiger partial charge in [-0.1, -0.05) is 0 Å².